The van der Waals surface area contributed by atoms with Crippen molar-refractivity contribution >= 4 is 23.7 Å². The number of carboxylic acids is 1. The molecule has 1 aliphatic rings. The van der Waals surface area contributed by atoms with E-state index in [0.29, 0.717) is 13.2 Å². The number of likely N-dealkylation sites (tertiary alicyclic amines) is 1. The second-order valence-corrected chi connectivity index (χ2v) is 4.79. The van der Waals surface area contributed by atoms with Gasteiger partial charge in [-0.1, -0.05) is 0 Å². The van der Waals surface area contributed by atoms with Crippen molar-refractivity contribution in [3.05, 3.63) is 0 Å². The lowest BCUT2D eigenvalue weighted by molar-refractivity contribution is -0.147. The lowest BCUT2D eigenvalue weighted by atomic mass is 10.1. The van der Waals surface area contributed by atoms with Gasteiger partial charge >= 0.3 is 5.97 Å². The van der Waals surface area contributed by atoms with Crippen LogP contribution >= 0.6 is 0 Å². The molecule has 9 nitrogen and oxygen atoms in total. The fourth-order valence-electron chi connectivity index (χ4n) is 2.18. The maximum absolute atomic E-state index is 12.2. The minimum absolute atomic E-state index is 0.00255. The number of hydrogen-bond acceptors (Lipinski definition) is 5. The molecule has 1 fully saturated rings. The van der Waals surface area contributed by atoms with Gasteiger partial charge in [0.25, 0.3) is 0 Å². The number of amides is 3. The first kappa shape index (κ1) is 16.9. The molecule has 1 unspecified atom stereocenters. The molecule has 0 radical (unpaired) electrons. The van der Waals surface area contributed by atoms with Crippen LogP contribution in [0.2, 0.25) is 0 Å². The fraction of sp³-hybridized carbons (Fsp3) is 0.667. The number of methoxy groups -OCH3 is 1. The van der Waals surface area contributed by atoms with E-state index in [-0.39, 0.29) is 18.9 Å². The molecule has 1 heterocycles. The van der Waals surface area contributed by atoms with Crippen molar-refractivity contribution in [2.24, 2.45) is 11.7 Å². The van der Waals surface area contributed by atoms with Crippen LogP contribution < -0.4 is 5.73 Å². The minimum atomic E-state index is -1.25. The van der Waals surface area contributed by atoms with Gasteiger partial charge in [-0.2, -0.15) is 0 Å². The van der Waals surface area contributed by atoms with Crippen molar-refractivity contribution < 1.29 is 29.0 Å². The number of nitrogens with two attached hydrogens (primary N) is 1. The summed E-state index contributed by atoms with van der Waals surface area (Å²) in [5.74, 6) is -3.45. The number of primary amides is 1. The highest BCUT2D eigenvalue weighted by atomic mass is 16.5. The Labute approximate surface area is 121 Å². The Morgan fingerprint density at radius 1 is 1.43 bits per heavy atom. The Hall–Kier alpha value is -2.16. The summed E-state index contributed by atoms with van der Waals surface area (Å²) in [6.07, 6.45) is -0.00255. The molecular weight excluding hydrogens is 282 g/mol. The van der Waals surface area contributed by atoms with Gasteiger partial charge in [0.1, 0.15) is 6.54 Å². The molecule has 0 saturated carbocycles. The van der Waals surface area contributed by atoms with E-state index in [0.717, 1.165) is 4.90 Å². The van der Waals surface area contributed by atoms with Crippen molar-refractivity contribution in [1.82, 2.24) is 9.80 Å². The van der Waals surface area contributed by atoms with Crippen molar-refractivity contribution in [1.29, 1.82) is 0 Å². The molecule has 3 N–H and O–H groups in total. The van der Waals surface area contributed by atoms with Crippen molar-refractivity contribution in [3.63, 3.8) is 0 Å². The zero-order valence-electron chi connectivity index (χ0n) is 11.8. The maximum Gasteiger partial charge on any atom is 0.323 e. The van der Waals surface area contributed by atoms with E-state index in [2.05, 4.69) is 0 Å². The van der Waals surface area contributed by atoms with Crippen molar-refractivity contribution in [3.8, 4) is 0 Å². The third-order valence-corrected chi connectivity index (χ3v) is 3.11. The van der Waals surface area contributed by atoms with E-state index in [1.54, 1.807) is 0 Å². The smallest absolute Gasteiger partial charge is 0.323 e. The highest BCUT2D eigenvalue weighted by molar-refractivity contribution is 5.92. The Kier molecular flexibility index (Phi) is 6.10. The molecule has 0 aromatic rings. The summed E-state index contributed by atoms with van der Waals surface area (Å²) in [7, 11) is 1.50. The summed E-state index contributed by atoms with van der Waals surface area (Å²) in [5.41, 5.74) is 5.01. The Balaban J connectivity index is 2.69. The predicted octanol–water partition coefficient (Wildman–Crippen LogP) is -2.12. The van der Waals surface area contributed by atoms with Crippen LogP contribution in [0.1, 0.15) is 6.42 Å². The van der Waals surface area contributed by atoms with Crippen LogP contribution in [0, 0.1) is 5.92 Å². The van der Waals surface area contributed by atoms with E-state index < -0.39 is 36.8 Å². The van der Waals surface area contributed by atoms with Gasteiger partial charge in [-0.15, -0.1) is 0 Å². The lowest BCUT2D eigenvalue weighted by Crippen LogP contribution is -2.45. The lowest BCUT2D eigenvalue weighted by Gasteiger charge is -2.22. The van der Waals surface area contributed by atoms with Crippen LogP contribution in [-0.4, -0.2) is 78.5 Å². The molecular formula is C12H19N3O6. The zero-order valence-corrected chi connectivity index (χ0v) is 11.8. The van der Waals surface area contributed by atoms with Crippen molar-refractivity contribution in [2.75, 3.05) is 39.9 Å². The van der Waals surface area contributed by atoms with Crippen LogP contribution in [-0.2, 0) is 23.9 Å². The SMILES string of the molecule is COCCN1CC(C(=O)N(CC(N)=O)CC(=O)O)CC1=O. The molecule has 21 heavy (non-hydrogen) atoms. The number of ether oxygens (including phenoxy) is 1. The average Bonchev–Trinajstić information content (AvgIpc) is 2.75. The Bertz CT molecular complexity index is 423. The molecule has 0 aliphatic carbocycles. The van der Waals surface area contributed by atoms with Gasteiger partial charge in [-0.25, -0.2) is 0 Å². The van der Waals surface area contributed by atoms with Crippen LogP contribution in [0.15, 0.2) is 0 Å². The molecule has 0 aromatic carbocycles. The quantitative estimate of drug-likeness (QED) is 0.527. The molecule has 0 bridgehead atoms. The van der Waals surface area contributed by atoms with Gasteiger partial charge in [0.05, 0.1) is 19.1 Å². The monoisotopic (exact) mass is 301 g/mol. The molecule has 0 aromatic heterocycles. The summed E-state index contributed by atoms with van der Waals surface area (Å²) in [6, 6.07) is 0. The molecule has 1 atom stereocenters. The highest BCUT2D eigenvalue weighted by Crippen LogP contribution is 2.19. The van der Waals surface area contributed by atoms with Gasteiger partial charge in [0, 0.05) is 26.6 Å². The summed E-state index contributed by atoms with van der Waals surface area (Å²) in [4.78, 5) is 48.0. The van der Waals surface area contributed by atoms with Gasteiger partial charge in [-0.3, -0.25) is 19.2 Å². The van der Waals surface area contributed by atoms with E-state index in [9.17, 15) is 19.2 Å². The predicted molar refractivity (Wildman–Crippen MR) is 70.0 cm³/mol. The van der Waals surface area contributed by atoms with Crippen LogP contribution in [0.3, 0.4) is 0 Å². The molecule has 1 saturated heterocycles. The van der Waals surface area contributed by atoms with Gasteiger partial charge in [-0.05, 0) is 0 Å². The van der Waals surface area contributed by atoms with Crippen LogP contribution in [0.5, 0.6) is 0 Å². The molecule has 3 amide bonds. The summed E-state index contributed by atoms with van der Waals surface area (Å²) in [5, 5.41) is 8.77. The van der Waals surface area contributed by atoms with Gasteiger partial charge in [0.15, 0.2) is 0 Å². The number of hydrogen-bond donors (Lipinski definition) is 2. The van der Waals surface area contributed by atoms with Crippen LogP contribution in [0.4, 0.5) is 0 Å². The summed E-state index contributed by atoms with van der Waals surface area (Å²) >= 11 is 0. The first-order valence-corrected chi connectivity index (χ1v) is 6.40. The standard InChI is InChI=1S/C12H19N3O6/c1-21-3-2-14-5-8(4-10(14)17)12(20)15(6-9(13)16)7-11(18)19/h8H,2-7H2,1H3,(H2,13,16)(H,18,19). The molecule has 0 spiro atoms. The van der Waals surface area contributed by atoms with E-state index in [4.69, 9.17) is 15.6 Å². The summed E-state index contributed by atoms with van der Waals surface area (Å²) < 4.78 is 4.87. The third kappa shape index (κ3) is 5.03. The number of carbonyl (C=O) groups excluding carboxylic acids is 3. The highest BCUT2D eigenvalue weighted by Gasteiger charge is 2.37. The van der Waals surface area contributed by atoms with Crippen molar-refractivity contribution in [2.45, 2.75) is 6.42 Å². The van der Waals surface area contributed by atoms with E-state index in [1.165, 1.54) is 12.0 Å². The van der Waals surface area contributed by atoms with Crippen LogP contribution in [0.25, 0.3) is 0 Å². The third-order valence-electron chi connectivity index (χ3n) is 3.11. The second kappa shape index (κ2) is 7.58. The fourth-order valence-corrected chi connectivity index (χ4v) is 2.18. The Morgan fingerprint density at radius 3 is 2.62 bits per heavy atom. The van der Waals surface area contributed by atoms with Gasteiger partial charge < -0.3 is 25.4 Å². The Morgan fingerprint density at radius 2 is 2.10 bits per heavy atom. The number of aliphatic carboxylic acids is 1. The summed E-state index contributed by atoms with van der Waals surface area (Å²) in [6.45, 7) is -0.186. The maximum atomic E-state index is 12.2. The number of nitrogens with zero attached hydrogens (tertiary/aromatic N) is 2. The second-order valence-electron chi connectivity index (χ2n) is 4.79. The molecule has 9 heteroatoms. The number of carbonyl (C=O) groups is 4. The first-order chi connectivity index (χ1) is 9.85. The van der Waals surface area contributed by atoms with Gasteiger partial charge in [0.2, 0.25) is 17.7 Å². The minimum Gasteiger partial charge on any atom is -0.480 e. The largest absolute Gasteiger partial charge is 0.480 e. The topological polar surface area (TPSA) is 130 Å². The number of carboxylic acid groups (broad SMARTS) is 1. The number of rotatable bonds is 8. The molecule has 1 rings (SSSR count). The first-order valence-electron chi connectivity index (χ1n) is 6.40. The normalized spacial score (nSPS) is 17.9. The molecule has 118 valence electrons. The molecule has 1 aliphatic heterocycles. The van der Waals surface area contributed by atoms with E-state index in [1.807, 2.05) is 0 Å². The zero-order chi connectivity index (χ0) is 16.0. The van der Waals surface area contributed by atoms with E-state index >= 15 is 0 Å². The average molecular weight is 301 g/mol.